The average molecular weight is 223 g/mol. The van der Waals surface area contributed by atoms with E-state index in [9.17, 15) is 4.79 Å². The zero-order chi connectivity index (χ0) is 9.68. The van der Waals surface area contributed by atoms with Crippen LogP contribution in [0.3, 0.4) is 0 Å². The van der Waals surface area contributed by atoms with Gasteiger partial charge < -0.3 is 15.4 Å². The Morgan fingerprint density at radius 2 is 2.07 bits per heavy atom. The standard InChI is InChI=1S/C9H18N2O2.ClH/c1-11-6-3-8(4-7-11)13-9(12)2-5-10;/h8H,2-7,10H2,1H3;1H. The second-order valence-corrected chi connectivity index (χ2v) is 3.53. The molecule has 2 N–H and O–H groups in total. The highest BCUT2D eigenvalue weighted by Gasteiger charge is 2.19. The van der Waals surface area contributed by atoms with E-state index in [1.807, 2.05) is 0 Å². The van der Waals surface area contributed by atoms with E-state index in [1.165, 1.54) is 0 Å². The molecule has 1 heterocycles. The molecular formula is C9H19ClN2O2. The molecule has 0 saturated carbocycles. The van der Waals surface area contributed by atoms with Crippen molar-refractivity contribution in [1.29, 1.82) is 0 Å². The van der Waals surface area contributed by atoms with Crippen LogP contribution in [0.15, 0.2) is 0 Å². The van der Waals surface area contributed by atoms with Gasteiger partial charge in [0.15, 0.2) is 0 Å². The van der Waals surface area contributed by atoms with Crippen LogP contribution in [-0.2, 0) is 9.53 Å². The summed E-state index contributed by atoms with van der Waals surface area (Å²) in [6.45, 7) is 2.41. The van der Waals surface area contributed by atoms with Crippen LogP contribution in [0, 0.1) is 0 Å². The van der Waals surface area contributed by atoms with Crippen LogP contribution in [0.2, 0.25) is 0 Å². The minimum absolute atomic E-state index is 0. The van der Waals surface area contributed by atoms with E-state index < -0.39 is 0 Å². The quantitative estimate of drug-likeness (QED) is 0.703. The first kappa shape index (κ1) is 13.7. The Morgan fingerprint density at radius 1 is 1.50 bits per heavy atom. The van der Waals surface area contributed by atoms with Crippen molar-refractivity contribution >= 4 is 18.4 Å². The average Bonchev–Trinajstić information content (AvgIpc) is 2.09. The third-order valence-electron chi connectivity index (χ3n) is 2.31. The van der Waals surface area contributed by atoms with Crippen LogP contribution in [0.1, 0.15) is 19.3 Å². The van der Waals surface area contributed by atoms with Gasteiger partial charge in [0.25, 0.3) is 0 Å². The summed E-state index contributed by atoms with van der Waals surface area (Å²) in [5.41, 5.74) is 5.25. The number of nitrogens with two attached hydrogens (primary N) is 1. The molecule has 0 unspecified atom stereocenters. The number of carbonyl (C=O) groups excluding carboxylic acids is 1. The molecule has 5 heteroatoms. The fourth-order valence-electron chi connectivity index (χ4n) is 1.47. The van der Waals surface area contributed by atoms with Gasteiger partial charge in [-0.1, -0.05) is 0 Å². The number of likely N-dealkylation sites (tertiary alicyclic amines) is 1. The predicted octanol–water partition coefficient (Wildman–Crippen LogP) is 0.394. The Labute approximate surface area is 91.2 Å². The van der Waals surface area contributed by atoms with E-state index in [4.69, 9.17) is 10.5 Å². The maximum Gasteiger partial charge on any atom is 0.307 e. The van der Waals surface area contributed by atoms with Crippen LogP contribution in [0.5, 0.6) is 0 Å². The second kappa shape index (κ2) is 7.04. The third-order valence-corrected chi connectivity index (χ3v) is 2.31. The van der Waals surface area contributed by atoms with Crippen molar-refractivity contribution in [2.24, 2.45) is 5.73 Å². The minimum Gasteiger partial charge on any atom is -0.462 e. The Kier molecular flexibility index (Phi) is 6.87. The van der Waals surface area contributed by atoms with Crippen molar-refractivity contribution < 1.29 is 9.53 Å². The zero-order valence-corrected chi connectivity index (χ0v) is 9.39. The highest BCUT2D eigenvalue weighted by Crippen LogP contribution is 2.12. The number of ether oxygens (including phenoxy) is 1. The lowest BCUT2D eigenvalue weighted by Gasteiger charge is -2.28. The molecule has 0 bridgehead atoms. The smallest absolute Gasteiger partial charge is 0.307 e. The molecule has 1 saturated heterocycles. The number of piperidine rings is 1. The molecule has 1 fully saturated rings. The van der Waals surface area contributed by atoms with Gasteiger partial charge in [-0.25, -0.2) is 0 Å². The number of rotatable bonds is 3. The lowest BCUT2D eigenvalue weighted by molar-refractivity contribution is -0.150. The van der Waals surface area contributed by atoms with Gasteiger partial charge in [0.05, 0.1) is 6.42 Å². The van der Waals surface area contributed by atoms with E-state index in [1.54, 1.807) is 0 Å². The maximum atomic E-state index is 11.1. The Balaban J connectivity index is 0.00000169. The van der Waals surface area contributed by atoms with Gasteiger partial charge in [-0.15, -0.1) is 12.4 Å². The van der Waals surface area contributed by atoms with Crippen LogP contribution < -0.4 is 5.73 Å². The monoisotopic (exact) mass is 222 g/mol. The van der Waals surface area contributed by atoms with Crippen molar-refractivity contribution in [3.8, 4) is 0 Å². The number of hydrogen-bond donors (Lipinski definition) is 1. The summed E-state index contributed by atoms with van der Waals surface area (Å²) in [6.07, 6.45) is 2.36. The summed E-state index contributed by atoms with van der Waals surface area (Å²) in [4.78, 5) is 13.3. The topological polar surface area (TPSA) is 55.6 Å². The van der Waals surface area contributed by atoms with E-state index in [-0.39, 0.29) is 24.5 Å². The van der Waals surface area contributed by atoms with Gasteiger partial charge in [-0.2, -0.15) is 0 Å². The highest BCUT2D eigenvalue weighted by atomic mass is 35.5. The molecule has 0 aromatic heterocycles. The molecule has 0 spiro atoms. The number of esters is 1. The second-order valence-electron chi connectivity index (χ2n) is 3.53. The molecule has 0 aliphatic carbocycles. The normalized spacial score (nSPS) is 18.7. The Hall–Kier alpha value is -0.320. The zero-order valence-electron chi connectivity index (χ0n) is 8.57. The summed E-state index contributed by atoms with van der Waals surface area (Å²) in [5, 5.41) is 0. The minimum atomic E-state index is -0.156. The molecular weight excluding hydrogens is 204 g/mol. The summed E-state index contributed by atoms with van der Waals surface area (Å²) in [7, 11) is 2.08. The largest absolute Gasteiger partial charge is 0.462 e. The van der Waals surface area contributed by atoms with Gasteiger partial charge in [0, 0.05) is 19.6 Å². The van der Waals surface area contributed by atoms with E-state index in [2.05, 4.69) is 11.9 Å². The van der Waals surface area contributed by atoms with Crippen LogP contribution in [0.25, 0.3) is 0 Å². The molecule has 1 aliphatic heterocycles. The Bertz CT molecular complexity index is 170. The molecule has 0 atom stereocenters. The lowest BCUT2D eigenvalue weighted by atomic mass is 10.1. The summed E-state index contributed by atoms with van der Waals surface area (Å²) in [6, 6.07) is 0. The van der Waals surface area contributed by atoms with Crippen molar-refractivity contribution in [1.82, 2.24) is 4.90 Å². The first-order valence-electron chi connectivity index (χ1n) is 4.80. The van der Waals surface area contributed by atoms with Gasteiger partial charge >= 0.3 is 5.97 Å². The first-order chi connectivity index (χ1) is 6.22. The summed E-state index contributed by atoms with van der Waals surface area (Å²) in [5.74, 6) is -0.156. The highest BCUT2D eigenvalue weighted by molar-refractivity contribution is 5.85. The van der Waals surface area contributed by atoms with Crippen molar-refractivity contribution in [3.63, 3.8) is 0 Å². The molecule has 1 aliphatic rings. The predicted molar refractivity (Wildman–Crippen MR) is 57.5 cm³/mol. The van der Waals surface area contributed by atoms with Gasteiger partial charge in [-0.05, 0) is 19.9 Å². The van der Waals surface area contributed by atoms with Crippen LogP contribution in [0.4, 0.5) is 0 Å². The van der Waals surface area contributed by atoms with E-state index >= 15 is 0 Å². The van der Waals surface area contributed by atoms with Crippen molar-refractivity contribution in [2.75, 3.05) is 26.7 Å². The third kappa shape index (κ3) is 4.79. The fraction of sp³-hybridized carbons (Fsp3) is 0.889. The number of hydrogen-bond acceptors (Lipinski definition) is 4. The summed E-state index contributed by atoms with van der Waals surface area (Å²) >= 11 is 0. The fourth-order valence-corrected chi connectivity index (χ4v) is 1.47. The van der Waals surface area contributed by atoms with Gasteiger partial charge in [0.2, 0.25) is 0 Å². The Morgan fingerprint density at radius 3 is 2.57 bits per heavy atom. The molecule has 0 aromatic rings. The SMILES string of the molecule is CN1CCC(OC(=O)CCN)CC1.Cl. The lowest BCUT2D eigenvalue weighted by Crippen LogP contribution is -2.35. The number of carbonyl (C=O) groups is 1. The molecule has 0 aromatic carbocycles. The molecule has 1 rings (SSSR count). The molecule has 0 radical (unpaired) electrons. The molecule has 4 nitrogen and oxygen atoms in total. The van der Waals surface area contributed by atoms with Crippen LogP contribution in [-0.4, -0.2) is 43.7 Å². The van der Waals surface area contributed by atoms with Crippen molar-refractivity contribution in [3.05, 3.63) is 0 Å². The van der Waals surface area contributed by atoms with E-state index in [0.717, 1.165) is 25.9 Å². The van der Waals surface area contributed by atoms with Crippen molar-refractivity contribution in [2.45, 2.75) is 25.4 Å². The maximum absolute atomic E-state index is 11.1. The molecule has 84 valence electrons. The van der Waals surface area contributed by atoms with Gasteiger partial charge in [0.1, 0.15) is 6.10 Å². The molecule has 0 amide bonds. The molecule has 14 heavy (non-hydrogen) atoms. The van der Waals surface area contributed by atoms with E-state index in [0.29, 0.717) is 13.0 Å². The van der Waals surface area contributed by atoms with Crippen LogP contribution >= 0.6 is 12.4 Å². The number of nitrogens with zero attached hydrogens (tertiary/aromatic N) is 1. The first-order valence-corrected chi connectivity index (χ1v) is 4.80. The van der Waals surface area contributed by atoms with Gasteiger partial charge in [-0.3, -0.25) is 4.79 Å². The number of halogens is 1. The summed E-state index contributed by atoms with van der Waals surface area (Å²) < 4.78 is 5.23.